The van der Waals surface area contributed by atoms with Gasteiger partial charge in [0.25, 0.3) is 0 Å². The first-order chi connectivity index (χ1) is 8.85. The van der Waals surface area contributed by atoms with Crippen LogP contribution in [0.2, 0.25) is 0 Å². The summed E-state index contributed by atoms with van der Waals surface area (Å²) in [5.74, 6) is -0.583. The molecule has 0 aromatic carbocycles. The second kappa shape index (κ2) is 3.87. The van der Waals surface area contributed by atoms with Gasteiger partial charge in [-0.1, -0.05) is 20.3 Å². The summed E-state index contributed by atoms with van der Waals surface area (Å²) < 4.78 is 0. The molecule has 3 aliphatic rings. The zero-order chi connectivity index (χ0) is 13.8. The Bertz CT molecular complexity index is 434. The highest BCUT2D eigenvalue weighted by Gasteiger charge is 2.56. The molecule has 1 aliphatic heterocycles. The number of carboxylic acids is 1. The Balaban J connectivity index is 1.65. The van der Waals surface area contributed by atoms with E-state index in [0.717, 1.165) is 19.3 Å². The lowest BCUT2D eigenvalue weighted by Crippen LogP contribution is -2.43. The number of carbonyl (C=O) groups excluding carboxylic acids is 1. The SMILES string of the molecule is CC1(C)CC1NC(=O)N1C[C@@H]2CCC[C@@]2(C(=O)O)C1. The van der Waals surface area contributed by atoms with Crippen molar-refractivity contribution < 1.29 is 14.7 Å². The number of urea groups is 1. The summed E-state index contributed by atoms with van der Waals surface area (Å²) in [6.07, 6.45) is 3.64. The molecule has 1 unspecified atom stereocenters. The topological polar surface area (TPSA) is 69.6 Å². The number of nitrogens with zero attached hydrogens (tertiary/aromatic N) is 1. The summed E-state index contributed by atoms with van der Waals surface area (Å²) >= 11 is 0. The molecule has 106 valence electrons. The van der Waals surface area contributed by atoms with Gasteiger partial charge in [-0.15, -0.1) is 0 Å². The first-order valence-corrected chi connectivity index (χ1v) is 7.14. The van der Waals surface area contributed by atoms with Gasteiger partial charge in [0.15, 0.2) is 0 Å². The molecule has 5 heteroatoms. The highest BCUT2D eigenvalue weighted by Crippen LogP contribution is 2.49. The molecule has 3 atom stereocenters. The molecule has 5 nitrogen and oxygen atoms in total. The van der Waals surface area contributed by atoms with Crippen molar-refractivity contribution in [3.8, 4) is 0 Å². The number of aliphatic carboxylic acids is 1. The third-order valence-electron chi connectivity index (χ3n) is 5.39. The van der Waals surface area contributed by atoms with Crippen LogP contribution in [0, 0.1) is 16.7 Å². The van der Waals surface area contributed by atoms with E-state index in [1.165, 1.54) is 0 Å². The van der Waals surface area contributed by atoms with Gasteiger partial charge in [0, 0.05) is 19.1 Å². The van der Waals surface area contributed by atoms with Crippen molar-refractivity contribution in [3.05, 3.63) is 0 Å². The number of hydrogen-bond donors (Lipinski definition) is 2. The van der Waals surface area contributed by atoms with E-state index in [1.54, 1.807) is 4.90 Å². The second-order valence-corrected chi connectivity index (χ2v) is 7.13. The molecule has 0 spiro atoms. The first-order valence-electron chi connectivity index (χ1n) is 7.14. The lowest BCUT2D eigenvalue weighted by molar-refractivity contribution is -0.149. The highest BCUT2D eigenvalue weighted by molar-refractivity contribution is 5.81. The molecule has 1 saturated heterocycles. The first kappa shape index (κ1) is 12.8. The molecule has 0 radical (unpaired) electrons. The third kappa shape index (κ3) is 1.90. The number of nitrogens with one attached hydrogen (secondary N) is 1. The Morgan fingerprint density at radius 3 is 2.58 bits per heavy atom. The van der Waals surface area contributed by atoms with Crippen LogP contribution in [-0.2, 0) is 4.79 Å². The van der Waals surface area contributed by atoms with Crippen LogP contribution in [0.1, 0.15) is 39.5 Å². The molecule has 0 aromatic rings. The van der Waals surface area contributed by atoms with Crippen molar-refractivity contribution in [1.82, 2.24) is 10.2 Å². The van der Waals surface area contributed by atoms with Gasteiger partial charge < -0.3 is 15.3 Å². The van der Waals surface area contributed by atoms with Crippen LogP contribution >= 0.6 is 0 Å². The van der Waals surface area contributed by atoms with Crippen molar-refractivity contribution in [1.29, 1.82) is 0 Å². The number of carbonyl (C=O) groups is 2. The predicted molar refractivity (Wildman–Crippen MR) is 69.7 cm³/mol. The smallest absolute Gasteiger partial charge is 0.317 e. The van der Waals surface area contributed by atoms with Crippen LogP contribution in [0.3, 0.4) is 0 Å². The molecule has 0 aromatic heterocycles. The van der Waals surface area contributed by atoms with Crippen molar-refractivity contribution >= 4 is 12.0 Å². The normalized spacial score (nSPS) is 38.9. The Morgan fingerprint density at radius 1 is 1.37 bits per heavy atom. The van der Waals surface area contributed by atoms with Gasteiger partial charge in [-0.3, -0.25) is 4.79 Å². The van der Waals surface area contributed by atoms with Crippen LogP contribution < -0.4 is 5.32 Å². The number of amides is 2. The van der Waals surface area contributed by atoms with E-state index in [4.69, 9.17) is 0 Å². The van der Waals surface area contributed by atoms with Gasteiger partial charge in [-0.05, 0) is 30.6 Å². The molecule has 3 rings (SSSR count). The van der Waals surface area contributed by atoms with Crippen molar-refractivity contribution in [3.63, 3.8) is 0 Å². The molecule has 3 fully saturated rings. The van der Waals surface area contributed by atoms with E-state index in [1.807, 2.05) is 0 Å². The average molecular weight is 266 g/mol. The lowest BCUT2D eigenvalue weighted by Gasteiger charge is -2.23. The summed E-state index contributed by atoms with van der Waals surface area (Å²) in [5, 5.41) is 12.5. The Morgan fingerprint density at radius 2 is 2.05 bits per heavy atom. The van der Waals surface area contributed by atoms with Crippen LogP contribution in [0.15, 0.2) is 0 Å². The minimum atomic E-state index is -0.725. The molecule has 2 aliphatic carbocycles. The largest absolute Gasteiger partial charge is 0.481 e. The van der Waals surface area contributed by atoms with Gasteiger partial charge in [-0.25, -0.2) is 4.79 Å². The Hall–Kier alpha value is -1.26. The quantitative estimate of drug-likeness (QED) is 0.799. The predicted octanol–water partition coefficient (Wildman–Crippen LogP) is 1.68. The minimum absolute atomic E-state index is 0.0781. The summed E-state index contributed by atoms with van der Waals surface area (Å²) in [6.45, 7) is 5.25. The minimum Gasteiger partial charge on any atom is -0.481 e. The monoisotopic (exact) mass is 266 g/mol. The number of likely N-dealkylation sites (tertiary alicyclic amines) is 1. The zero-order valence-corrected chi connectivity index (χ0v) is 11.6. The molecule has 2 N–H and O–H groups in total. The molecule has 2 amide bonds. The maximum atomic E-state index is 12.2. The summed E-state index contributed by atoms with van der Waals surface area (Å²) in [4.78, 5) is 25.5. The van der Waals surface area contributed by atoms with Crippen molar-refractivity contribution in [2.45, 2.75) is 45.6 Å². The third-order valence-corrected chi connectivity index (χ3v) is 5.39. The van der Waals surface area contributed by atoms with Crippen LogP contribution in [0.4, 0.5) is 4.79 Å². The van der Waals surface area contributed by atoms with Gasteiger partial charge in [-0.2, -0.15) is 0 Å². The molecular weight excluding hydrogens is 244 g/mol. The maximum Gasteiger partial charge on any atom is 0.317 e. The second-order valence-electron chi connectivity index (χ2n) is 7.13. The maximum absolute atomic E-state index is 12.2. The highest BCUT2D eigenvalue weighted by atomic mass is 16.4. The number of carboxylic acid groups (broad SMARTS) is 1. The summed E-state index contributed by atoms with van der Waals surface area (Å²) in [6, 6.07) is 0.173. The fraction of sp³-hybridized carbons (Fsp3) is 0.857. The van der Waals surface area contributed by atoms with Crippen molar-refractivity contribution in [2.24, 2.45) is 16.7 Å². The number of hydrogen-bond acceptors (Lipinski definition) is 2. The van der Waals surface area contributed by atoms with Crippen LogP contribution in [-0.4, -0.2) is 41.1 Å². The molecule has 1 heterocycles. The Labute approximate surface area is 113 Å². The standard InChI is InChI=1S/C14H22N2O3/c1-13(2)6-10(13)15-12(19)16-7-9-4-3-5-14(9,8-16)11(17)18/h9-10H,3-8H2,1-2H3,(H,15,19)(H,17,18)/t9-,10?,14+/m0/s1. The van der Waals surface area contributed by atoms with Gasteiger partial charge in [0.05, 0.1) is 5.41 Å². The summed E-state index contributed by atoms with van der Waals surface area (Å²) in [5.41, 5.74) is -0.466. The number of rotatable bonds is 2. The van der Waals surface area contributed by atoms with Gasteiger partial charge >= 0.3 is 12.0 Å². The van der Waals surface area contributed by atoms with E-state index in [2.05, 4.69) is 19.2 Å². The van der Waals surface area contributed by atoms with E-state index < -0.39 is 11.4 Å². The van der Waals surface area contributed by atoms with E-state index >= 15 is 0 Å². The molecule has 0 bridgehead atoms. The molecule has 2 saturated carbocycles. The molecule has 19 heavy (non-hydrogen) atoms. The van der Waals surface area contributed by atoms with Crippen LogP contribution in [0.5, 0.6) is 0 Å². The number of fused-ring (bicyclic) bond motifs is 1. The molecular formula is C14H22N2O3. The van der Waals surface area contributed by atoms with Crippen molar-refractivity contribution in [2.75, 3.05) is 13.1 Å². The van der Waals surface area contributed by atoms with E-state index in [0.29, 0.717) is 19.5 Å². The Kier molecular flexibility index (Phi) is 2.60. The van der Waals surface area contributed by atoms with E-state index in [-0.39, 0.29) is 23.4 Å². The van der Waals surface area contributed by atoms with Crippen LogP contribution in [0.25, 0.3) is 0 Å². The average Bonchev–Trinajstić information content (AvgIpc) is 2.67. The van der Waals surface area contributed by atoms with Gasteiger partial charge in [0.1, 0.15) is 0 Å². The fourth-order valence-electron chi connectivity index (χ4n) is 3.75. The fourth-order valence-corrected chi connectivity index (χ4v) is 3.75. The lowest BCUT2D eigenvalue weighted by atomic mass is 9.81. The van der Waals surface area contributed by atoms with E-state index in [9.17, 15) is 14.7 Å². The van der Waals surface area contributed by atoms with Gasteiger partial charge in [0.2, 0.25) is 0 Å². The summed E-state index contributed by atoms with van der Waals surface area (Å²) in [7, 11) is 0. The zero-order valence-electron chi connectivity index (χ0n) is 11.6.